The molecule has 3 nitrogen and oxygen atoms in total. The number of hydrogen-bond donors (Lipinski definition) is 3. The van der Waals surface area contributed by atoms with Crippen LogP contribution in [0.15, 0.2) is 72.8 Å². The highest BCUT2D eigenvalue weighted by Crippen LogP contribution is 2.31. The Hall–Kier alpha value is -2.82. The normalized spacial score (nSPS) is 19.0. The predicted octanol–water partition coefficient (Wildman–Crippen LogP) is 4.44. The third-order valence-electron chi connectivity index (χ3n) is 5.00. The maximum atomic E-state index is 13.4. The smallest absolute Gasteiger partial charge is 0.186 e. The second kappa shape index (κ2) is 7.66. The molecule has 0 aliphatic carbocycles. The molecule has 0 aromatic heterocycles. The van der Waals surface area contributed by atoms with Gasteiger partial charge in [-0.2, -0.15) is 0 Å². The Morgan fingerprint density at radius 1 is 1.00 bits per heavy atom. The largest absolute Gasteiger partial charge is 0.507 e. The minimum atomic E-state index is -0.266. The van der Waals surface area contributed by atoms with E-state index in [9.17, 15) is 9.50 Å². The standard InChI is InChI=1S/C23H20ClFN2O/c1-14-2-4-15(5-3-14)20-13-21(19-12-17(24)8-11-22(19)28)27-23(26-20)16-6-9-18(25)10-7-16/h2-13,21,23,26-28H,1H3/p+1. The Bertz CT molecular complexity index is 1020. The van der Waals surface area contributed by atoms with E-state index in [1.165, 1.54) is 17.7 Å². The fourth-order valence-electron chi connectivity index (χ4n) is 3.47. The van der Waals surface area contributed by atoms with E-state index in [4.69, 9.17) is 11.6 Å². The summed E-state index contributed by atoms with van der Waals surface area (Å²) >= 11 is 6.17. The molecule has 1 aliphatic rings. The van der Waals surface area contributed by atoms with Crippen molar-refractivity contribution in [1.29, 1.82) is 0 Å². The molecule has 1 aliphatic heterocycles. The second-order valence-electron chi connectivity index (χ2n) is 7.04. The maximum absolute atomic E-state index is 13.4. The van der Waals surface area contributed by atoms with Crippen molar-refractivity contribution in [3.63, 3.8) is 0 Å². The summed E-state index contributed by atoms with van der Waals surface area (Å²) in [5.74, 6) is -0.0668. The van der Waals surface area contributed by atoms with E-state index in [1.807, 2.05) is 6.92 Å². The van der Waals surface area contributed by atoms with Crippen molar-refractivity contribution in [1.82, 2.24) is 5.32 Å². The van der Waals surface area contributed by atoms with Crippen LogP contribution < -0.4 is 10.6 Å². The molecule has 0 radical (unpaired) electrons. The van der Waals surface area contributed by atoms with E-state index >= 15 is 0 Å². The van der Waals surface area contributed by atoms with Crippen molar-refractivity contribution in [3.05, 3.63) is 106 Å². The lowest BCUT2D eigenvalue weighted by atomic mass is 9.97. The van der Waals surface area contributed by atoms with Crippen molar-refractivity contribution >= 4 is 17.3 Å². The van der Waals surface area contributed by atoms with Crippen LogP contribution in [0, 0.1) is 12.7 Å². The topological polar surface area (TPSA) is 48.9 Å². The number of halogens is 2. The molecule has 0 bridgehead atoms. The van der Waals surface area contributed by atoms with Gasteiger partial charge in [-0.3, -0.25) is 0 Å². The highest BCUT2D eigenvalue weighted by Gasteiger charge is 2.29. The Morgan fingerprint density at radius 2 is 1.71 bits per heavy atom. The van der Waals surface area contributed by atoms with Gasteiger partial charge >= 0.3 is 0 Å². The third kappa shape index (κ3) is 3.88. The van der Waals surface area contributed by atoms with Crippen LogP contribution >= 0.6 is 11.6 Å². The quantitative estimate of drug-likeness (QED) is 0.614. The van der Waals surface area contributed by atoms with Gasteiger partial charge < -0.3 is 15.7 Å². The number of hydrogen-bond acceptors (Lipinski definition) is 2. The van der Waals surface area contributed by atoms with Crippen molar-refractivity contribution in [2.45, 2.75) is 19.1 Å². The molecule has 142 valence electrons. The molecular weight excluding hydrogens is 375 g/mol. The highest BCUT2D eigenvalue weighted by molar-refractivity contribution is 6.30. The number of phenols is 1. The molecule has 0 spiro atoms. The minimum Gasteiger partial charge on any atom is -0.507 e. The van der Waals surface area contributed by atoms with Crippen LogP contribution in [0.25, 0.3) is 5.70 Å². The van der Waals surface area contributed by atoms with E-state index in [-0.39, 0.29) is 23.8 Å². The second-order valence-corrected chi connectivity index (χ2v) is 7.48. The average Bonchev–Trinajstić information content (AvgIpc) is 2.70. The number of aryl methyl sites for hydroxylation is 1. The number of quaternary nitrogens is 1. The van der Waals surface area contributed by atoms with Crippen LogP contribution in [0.5, 0.6) is 5.75 Å². The highest BCUT2D eigenvalue weighted by atomic mass is 35.5. The average molecular weight is 396 g/mol. The van der Waals surface area contributed by atoms with Gasteiger partial charge in [0, 0.05) is 22.4 Å². The van der Waals surface area contributed by atoms with Crippen LogP contribution in [-0.2, 0) is 0 Å². The van der Waals surface area contributed by atoms with Crippen molar-refractivity contribution in [3.8, 4) is 5.75 Å². The van der Waals surface area contributed by atoms with Gasteiger partial charge in [-0.25, -0.2) is 4.39 Å². The molecule has 28 heavy (non-hydrogen) atoms. The number of benzene rings is 3. The molecule has 3 aromatic carbocycles. The van der Waals surface area contributed by atoms with E-state index < -0.39 is 0 Å². The van der Waals surface area contributed by atoms with Gasteiger partial charge in [0.2, 0.25) is 0 Å². The zero-order valence-electron chi connectivity index (χ0n) is 15.4. The van der Waals surface area contributed by atoms with Crippen molar-refractivity contribution in [2.24, 2.45) is 0 Å². The lowest BCUT2D eigenvalue weighted by Gasteiger charge is -2.30. The van der Waals surface area contributed by atoms with Gasteiger partial charge in [0.05, 0.1) is 5.56 Å². The van der Waals surface area contributed by atoms with E-state index in [2.05, 4.69) is 41.0 Å². The summed E-state index contributed by atoms with van der Waals surface area (Å²) in [5.41, 5.74) is 4.89. The van der Waals surface area contributed by atoms with Crippen LogP contribution in [0.2, 0.25) is 5.02 Å². The summed E-state index contributed by atoms with van der Waals surface area (Å²) in [6, 6.07) is 19.6. The van der Waals surface area contributed by atoms with Gasteiger partial charge in [0.1, 0.15) is 17.6 Å². The van der Waals surface area contributed by atoms with Crippen LogP contribution in [-0.4, -0.2) is 5.11 Å². The zero-order chi connectivity index (χ0) is 19.7. The van der Waals surface area contributed by atoms with E-state index in [1.54, 1.807) is 30.3 Å². The number of phenolic OH excluding ortho intramolecular Hbond substituents is 1. The van der Waals surface area contributed by atoms with Gasteiger partial charge in [-0.1, -0.05) is 41.4 Å². The minimum absolute atomic E-state index is 0.134. The fourth-order valence-corrected chi connectivity index (χ4v) is 3.65. The summed E-state index contributed by atoms with van der Waals surface area (Å²) in [5, 5.41) is 16.6. The predicted molar refractivity (Wildman–Crippen MR) is 109 cm³/mol. The molecule has 0 fully saturated rings. The van der Waals surface area contributed by atoms with Crippen LogP contribution in [0.4, 0.5) is 4.39 Å². The number of rotatable bonds is 3. The molecule has 3 aromatic rings. The van der Waals surface area contributed by atoms with Crippen LogP contribution in [0.3, 0.4) is 0 Å². The summed E-state index contributed by atoms with van der Waals surface area (Å²) in [4.78, 5) is 0. The molecule has 1 heterocycles. The zero-order valence-corrected chi connectivity index (χ0v) is 16.1. The van der Waals surface area contributed by atoms with Gasteiger partial charge in [0.15, 0.2) is 6.17 Å². The van der Waals surface area contributed by atoms with Gasteiger partial charge in [-0.05, 0) is 55.0 Å². The third-order valence-corrected chi connectivity index (χ3v) is 5.23. The summed E-state index contributed by atoms with van der Waals surface area (Å²) in [6.07, 6.45) is 1.95. The Kier molecular flexibility index (Phi) is 5.07. The van der Waals surface area contributed by atoms with Crippen LogP contribution in [0.1, 0.15) is 34.5 Å². The summed E-state index contributed by atoms with van der Waals surface area (Å²) < 4.78 is 13.4. The lowest BCUT2D eigenvalue weighted by Crippen LogP contribution is -2.89. The van der Waals surface area contributed by atoms with Gasteiger partial charge in [-0.15, -0.1) is 0 Å². The number of nitrogens with one attached hydrogen (secondary N) is 1. The summed E-state index contributed by atoms with van der Waals surface area (Å²) in [6.45, 7) is 2.05. The fraction of sp³-hybridized carbons (Fsp3) is 0.130. The first-order valence-corrected chi connectivity index (χ1v) is 9.52. The Labute approximate surface area is 168 Å². The van der Waals surface area contributed by atoms with E-state index in [0.29, 0.717) is 5.02 Å². The number of nitrogens with two attached hydrogens (primary N) is 1. The molecule has 2 atom stereocenters. The first-order chi connectivity index (χ1) is 13.5. The first kappa shape index (κ1) is 18.5. The lowest BCUT2D eigenvalue weighted by molar-refractivity contribution is -0.731. The molecule has 2 unspecified atom stereocenters. The van der Waals surface area contributed by atoms with Crippen molar-refractivity contribution < 1.29 is 14.8 Å². The van der Waals surface area contributed by atoms with Crippen molar-refractivity contribution in [2.75, 3.05) is 0 Å². The molecule has 4 N–H and O–H groups in total. The molecule has 0 saturated carbocycles. The van der Waals surface area contributed by atoms with Gasteiger partial charge in [0.25, 0.3) is 0 Å². The monoisotopic (exact) mass is 395 g/mol. The molecular formula is C23H21ClFN2O+. The number of aromatic hydroxyl groups is 1. The SMILES string of the molecule is Cc1ccc(C2=CC(c3cc(Cl)ccc3O)[NH2+]C(c3ccc(F)cc3)N2)cc1. The van der Waals surface area contributed by atoms with E-state index in [0.717, 1.165) is 22.4 Å². The Balaban J connectivity index is 1.76. The molecule has 5 heteroatoms. The molecule has 0 amide bonds. The summed E-state index contributed by atoms with van der Waals surface area (Å²) in [7, 11) is 0. The maximum Gasteiger partial charge on any atom is 0.186 e. The molecule has 0 saturated heterocycles. The molecule has 4 rings (SSSR count). The first-order valence-electron chi connectivity index (χ1n) is 9.14. The Morgan fingerprint density at radius 3 is 2.43 bits per heavy atom.